The first-order valence-electron chi connectivity index (χ1n) is 6.25. The van der Waals surface area contributed by atoms with Crippen LogP contribution >= 0.6 is 22.9 Å². The molecule has 2 aromatic rings. The number of nitrogens with one attached hydrogen (secondary N) is 1. The van der Waals surface area contributed by atoms with Gasteiger partial charge in [0.1, 0.15) is 0 Å². The molecule has 0 unspecified atom stereocenters. The molecule has 0 saturated heterocycles. The third kappa shape index (κ3) is 4.31. The van der Waals surface area contributed by atoms with E-state index in [1.165, 1.54) is 18.4 Å². The topological polar surface area (TPSA) is 55.4 Å². The van der Waals surface area contributed by atoms with Gasteiger partial charge in [0.05, 0.1) is 25.1 Å². The molecule has 0 aliphatic carbocycles. The van der Waals surface area contributed by atoms with Crippen LogP contribution in [0.25, 0.3) is 0 Å². The average molecular weight is 324 g/mol. The molecule has 0 spiro atoms. The van der Waals surface area contributed by atoms with E-state index in [1.54, 1.807) is 35.7 Å². The number of hydrogen-bond donors (Lipinski definition) is 1. The third-order valence-corrected chi connectivity index (χ3v) is 3.89. The fourth-order valence-corrected chi connectivity index (χ4v) is 2.59. The van der Waals surface area contributed by atoms with Crippen molar-refractivity contribution in [2.45, 2.75) is 12.5 Å². The minimum atomic E-state index is -0.456. The Labute approximate surface area is 131 Å². The summed E-state index contributed by atoms with van der Waals surface area (Å²) in [5, 5.41) is 7.02. The Morgan fingerprint density at radius 3 is 2.57 bits per heavy atom. The van der Waals surface area contributed by atoms with E-state index in [9.17, 15) is 9.59 Å². The highest BCUT2D eigenvalue weighted by molar-refractivity contribution is 7.08. The van der Waals surface area contributed by atoms with Crippen molar-refractivity contribution >= 4 is 34.8 Å². The van der Waals surface area contributed by atoms with E-state index in [1.807, 2.05) is 5.38 Å². The number of esters is 1. The lowest BCUT2D eigenvalue weighted by Crippen LogP contribution is -2.30. The summed E-state index contributed by atoms with van der Waals surface area (Å²) in [6, 6.07) is 8.28. The summed E-state index contributed by atoms with van der Waals surface area (Å²) >= 11 is 7.30. The predicted molar refractivity (Wildman–Crippen MR) is 82.6 cm³/mol. The molecule has 1 aromatic heterocycles. The van der Waals surface area contributed by atoms with Gasteiger partial charge in [-0.25, -0.2) is 0 Å². The predicted octanol–water partition coefficient (Wildman–Crippen LogP) is 3.44. The van der Waals surface area contributed by atoms with Crippen LogP contribution in [0, 0.1) is 0 Å². The lowest BCUT2D eigenvalue weighted by Gasteiger charge is -2.18. The van der Waals surface area contributed by atoms with Crippen LogP contribution in [-0.4, -0.2) is 19.0 Å². The Morgan fingerprint density at radius 1 is 1.29 bits per heavy atom. The SMILES string of the molecule is COC(=O)C[C@H](NC(=O)c1ccsc1)c1ccc(Cl)cc1. The van der Waals surface area contributed by atoms with Gasteiger partial charge >= 0.3 is 5.97 Å². The maximum absolute atomic E-state index is 12.1. The number of halogens is 1. The number of thiophene rings is 1. The molecule has 1 aromatic carbocycles. The van der Waals surface area contributed by atoms with Crippen LogP contribution in [0.4, 0.5) is 0 Å². The number of hydrogen-bond acceptors (Lipinski definition) is 4. The first-order chi connectivity index (χ1) is 10.1. The summed E-state index contributed by atoms with van der Waals surface area (Å²) in [5.41, 5.74) is 1.37. The third-order valence-electron chi connectivity index (χ3n) is 2.96. The average Bonchev–Trinajstić information content (AvgIpc) is 3.01. The Balaban J connectivity index is 2.17. The molecule has 1 amide bonds. The highest BCUT2D eigenvalue weighted by Gasteiger charge is 2.19. The van der Waals surface area contributed by atoms with Crippen molar-refractivity contribution < 1.29 is 14.3 Å². The second-order valence-electron chi connectivity index (χ2n) is 4.37. The van der Waals surface area contributed by atoms with Crippen LogP contribution in [-0.2, 0) is 9.53 Å². The zero-order valence-electron chi connectivity index (χ0n) is 11.3. The number of methoxy groups -OCH3 is 1. The highest BCUT2D eigenvalue weighted by Crippen LogP contribution is 2.21. The zero-order valence-corrected chi connectivity index (χ0v) is 12.9. The molecule has 0 fully saturated rings. The largest absolute Gasteiger partial charge is 0.469 e. The maximum Gasteiger partial charge on any atom is 0.307 e. The lowest BCUT2D eigenvalue weighted by molar-refractivity contribution is -0.141. The van der Waals surface area contributed by atoms with E-state index in [4.69, 9.17) is 11.6 Å². The van der Waals surface area contributed by atoms with Crippen molar-refractivity contribution in [1.29, 1.82) is 0 Å². The Bertz CT molecular complexity index is 610. The molecule has 0 bridgehead atoms. The molecule has 110 valence electrons. The Hall–Kier alpha value is -1.85. The molecule has 21 heavy (non-hydrogen) atoms. The van der Waals surface area contributed by atoms with Crippen LogP contribution in [0.3, 0.4) is 0 Å². The molecular formula is C15H14ClNO3S. The van der Waals surface area contributed by atoms with Crippen LogP contribution in [0.2, 0.25) is 5.02 Å². The van der Waals surface area contributed by atoms with E-state index in [0.717, 1.165) is 5.56 Å². The van der Waals surface area contributed by atoms with Crippen molar-refractivity contribution in [3.63, 3.8) is 0 Å². The summed E-state index contributed by atoms with van der Waals surface area (Å²) in [5.74, 6) is -0.610. The molecular weight excluding hydrogens is 310 g/mol. The van der Waals surface area contributed by atoms with E-state index < -0.39 is 6.04 Å². The van der Waals surface area contributed by atoms with Crippen LogP contribution in [0.1, 0.15) is 28.4 Å². The van der Waals surface area contributed by atoms with Crippen molar-refractivity contribution in [1.82, 2.24) is 5.32 Å². The van der Waals surface area contributed by atoms with Gasteiger partial charge in [-0.15, -0.1) is 0 Å². The number of benzene rings is 1. The molecule has 6 heteroatoms. The number of carbonyl (C=O) groups is 2. The molecule has 1 atom stereocenters. The standard InChI is InChI=1S/C15H14ClNO3S/c1-20-14(18)8-13(10-2-4-12(16)5-3-10)17-15(19)11-6-7-21-9-11/h2-7,9,13H,8H2,1H3,(H,17,19)/t13-/m0/s1. The minimum absolute atomic E-state index is 0.0635. The van der Waals surface area contributed by atoms with Gasteiger partial charge in [0.25, 0.3) is 5.91 Å². The van der Waals surface area contributed by atoms with Gasteiger partial charge in [0.2, 0.25) is 0 Å². The van der Waals surface area contributed by atoms with Gasteiger partial charge in [0, 0.05) is 10.4 Å². The molecule has 0 aliphatic heterocycles. The molecule has 2 rings (SSSR count). The smallest absolute Gasteiger partial charge is 0.307 e. The minimum Gasteiger partial charge on any atom is -0.469 e. The van der Waals surface area contributed by atoms with Gasteiger partial charge in [-0.1, -0.05) is 23.7 Å². The van der Waals surface area contributed by atoms with Gasteiger partial charge in [-0.05, 0) is 29.1 Å². The van der Waals surface area contributed by atoms with Gasteiger partial charge in [-0.3, -0.25) is 9.59 Å². The first kappa shape index (κ1) is 15.5. The number of ether oxygens (including phenoxy) is 1. The molecule has 0 saturated carbocycles. The van der Waals surface area contributed by atoms with Gasteiger partial charge < -0.3 is 10.1 Å². The summed E-state index contributed by atoms with van der Waals surface area (Å²) in [7, 11) is 1.32. The molecule has 1 N–H and O–H groups in total. The Kier molecular flexibility index (Phi) is 5.36. The monoisotopic (exact) mass is 323 g/mol. The fraction of sp³-hybridized carbons (Fsp3) is 0.200. The van der Waals surface area contributed by atoms with Crippen molar-refractivity contribution in [3.05, 3.63) is 57.2 Å². The van der Waals surface area contributed by atoms with E-state index in [2.05, 4.69) is 10.1 Å². The molecule has 0 radical (unpaired) electrons. The summed E-state index contributed by atoms with van der Waals surface area (Å²) < 4.78 is 4.68. The van der Waals surface area contributed by atoms with E-state index in [0.29, 0.717) is 10.6 Å². The Morgan fingerprint density at radius 2 is 2.00 bits per heavy atom. The van der Waals surface area contributed by atoms with Crippen molar-refractivity contribution in [3.8, 4) is 0 Å². The first-order valence-corrected chi connectivity index (χ1v) is 7.57. The molecule has 1 heterocycles. The number of amides is 1. The normalized spacial score (nSPS) is 11.7. The quantitative estimate of drug-likeness (QED) is 0.858. The lowest BCUT2D eigenvalue weighted by atomic mass is 10.0. The fourth-order valence-electron chi connectivity index (χ4n) is 1.83. The molecule has 0 aliphatic rings. The molecule has 4 nitrogen and oxygen atoms in total. The van der Waals surface area contributed by atoms with E-state index >= 15 is 0 Å². The second kappa shape index (κ2) is 7.24. The maximum atomic E-state index is 12.1. The van der Waals surface area contributed by atoms with Crippen LogP contribution in [0.5, 0.6) is 0 Å². The number of rotatable bonds is 5. The highest BCUT2D eigenvalue weighted by atomic mass is 35.5. The van der Waals surface area contributed by atoms with Gasteiger partial charge in [-0.2, -0.15) is 11.3 Å². The van der Waals surface area contributed by atoms with Crippen LogP contribution in [0.15, 0.2) is 41.1 Å². The number of carbonyl (C=O) groups excluding carboxylic acids is 2. The van der Waals surface area contributed by atoms with Gasteiger partial charge in [0.15, 0.2) is 0 Å². The summed E-state index contributed by atoms with van der Waals surface area (Å²) in [4.78, 5) is 23.7. The summed E-state index contributed by atoms with van der Waals surface area (Å²) in [6.45, 7) is 0. The van der Waals surface area contributed by atoms with Crippen molar-refractivity contribution in [2.75, 3.05) is 7.11 Å². The second-order valence-corrected chi connectivity index (χ2v) is 5.59. The van der Waals surface area contributed by atoms with E-state index in [-0.39, 0.29) is 18.3 Å². The summed E-state index contributed by atoms with van der Waals surface area (Å²) in [6.07, 6.45) is 0.0635. The zero-order chi connectivity index (χ0) is 15.2. The van der Waals surface area contributed by atoms with Crippen LogP contribution < -0.4 is 5.32 Å². The van der Waals surface area contributed by atoms with Crippen molar-refractivity contribution in [2.24, 2.45) is 0 Å².